The number of hydrogen-bond acceptors (Lipinski definition) is 4. The number of hydrogen-bond donors (Lipinski definition) is 1. The average Bonchev–Trinajstić information content (AvgIpc) is 2.12. The Kier molecular flexibility index (Phi) is 5.83. The van der Waals surface area contributed by atoms with Gasteiger partial charge in [-0.1, -0.05) is 18.7 Å². The monoisotopic (exact) mass is 262 g/mol. The fourth-order valence-electron chi connectivity index (χ4n) is 1.70. The van der Waals surface area contributed by atoms with Gasteiger partial charge in [-0.15, -0.1) is 0 Å². The highest BCUT2D eigenvalue weighted by Crippen LogP contribution is 2.24. The van der Waals surface area contributed by atoms with Crippen LogP contribution in [0.3, 0.4) is 0 Å². The van der Waals surface area contributed by atoms with Gasteiger partial charge in [0, 0.05) is 34.1 Å². The molecule has 0 aromatic heterocycles. The second kappa shape index (κ2) is 6.64. The van der Waals surface area contributed by atoms with Crippen LogP contribution in [0, 0.1) is 0 Å². The minimum Gasteiger partial charge on any atom is -0.362 e. The molecule has 0 bridgehead atoms. The molecule has 1 N–H and O–H groups in total. The molecule has 94 valence electrons. The summed E-state index contributed by atoms with van der Waals surface area (Å²) in [7, 11) is -0.693. The van der Waals surface area contributed by atoms with Crippen LogP contribution in [-0.4, -0.2) is 38.7 Å². The average molecular weight is 262 g/mol. The lowest BCUT2D eigenvalue weighted by Crippen LogP contribution is -2.35. The smallest absolute Gasteiger partial charge is 0.157 e. The zero-order valence-corrected chi connectivity index (χ0v) is 12.2. The second-order valence-electron chi connectivity index (χ2n) is 4.56. The number of nitrogens with zero attached hydrogens (tertiary/aromatic N) is 1. The van der Waals surface area contributed by atoms with Crippen molar-refractivity contribution in [2.45, 2.75) is 50.9 Å². The van der Waals surface area contributed by atoms with Crippen LogP contribution in [0.25, 0.3) is 0 Å². The molecule has 0 aromatic rings. The normalized spacial score (nSPS) is 29.4. The third-order valence-corrected chi connectivity index (χ3v) is 4.38. The van der Waals surface area contributed by atoms with Crippen molar-refractivity contribution in [3.8, 4) is 0 Å². The SMILES string of the molecule is CC1CC(C)SC(NC(C)CCS(C)=O)=N1. The van der Waals surface area contributed by atoms with Crippen molar-refractivity contribution in [1.29, 1.82) is 0 Å². The molecule has 0 aromatic carbocycles. The van der Waals surface area contributed by atoms with Crippen molar-refractivity contribution >= 4 is 27.7 Å². The molecule has 0 radical (unpaired) electrons. The maximum Gasteiger partial charge on any atom is 0.157 e. The molecular formula is C11H22N2OS2. The van der Waals surface area contributed by atoms with Crippen LogP contribution >= 0.6 is 11.8 Å². The third kappa shape index (κ3) is 5.34. The largest absolute Gasteiger partial charge is 0.362 e. The Balaban J connectivity index is 2.38. The van der Waals surface area contributed by atoms with Crippen LogP contribution in [0.2, 0.25) is 0 Å². The summed E-state index contributed by atoms with van der Waals surface area (Å²) in [6, 6.07) is 0.777. The maximum atomic E-state index is 11.0. The maximum absolute atomic E-state index is 11.0. The standard InChI is InChI=1S/C11H22N2OS2/c1-8(5-6-16(4)14)12-11-13-9(2)7-10(3)15-11/h8-10H,5-7H2,1-4H3,(H,12,13). The Morgan fingerprint density at radius 3 is 2.88 bits per heavy atom. The van der Waals surface area contributed by atoms with Crippen molar-refractivity contribution < 1.29 is 4.21 Å². The molecule has 4 unspecified atom stereocenters. The predicted molar refractivity (Wildman–Crippen MR) is 74.7 cm³/mol. The van der Waals surface area contributed by atoms with E-state index in [0.717, 1.165) is 23.8 Å². The van der Waals surface area contributed by atoms with E-state index in [1.165, 1.54) is 0 Å². The van der Waals surface area contributed by atoms with Crippen molar-refractivity contribution in [2.24, 2.45) is 4.99 Å². The van der Waals surface area contributed by atoms with Crippen LogP contribution in [0.4, 0.5) is 0 Å². The predicted octanol–water partition coefficient (Wildman–Crippen LogP) is 2.00. The topological polar surface area (TPSA) is 41.5 Å². The first-order chi connectivity index (χ1) is 7.47. The molecule has 0 aliphatic carbocycles. The molecule has 0 spiro atoms. The number of amidine groups is 1. The summed E-state index contributed by atoms with van der Waals surface area (Å²) >= 11 is 1.82. The van der Waals surface area contributed by atoms with Gasteiger partial charge in [0.25, 0.3) is 0 Å². The molecule has 5 heteroatoms. The van der Waals surface area contributed by atoms with Crippen molar-refractivity contribution in [3.63, 3.8) is 0 Å². The van der Waals surface area contributed by atoms with Crippen LogP contribution in [0.5, 0.6) is 0 Å². The van der Waals surface area contributed by atoms with E-state index in [0.29, 0.717) is 17.3 Å². The van der Waals surface area contributed by atoms with Gasteiger partial charge in [0.05, 0.1) is 6.04 Å². The number of thioether (sulfide) groups is 1. The van der Waals surface area contributed by atoms with Gasteiger partial charge in [-0.05, 0) is 26.7 Å². The van der Waals surface area contributed by atoms with E-state index in [4.69, 9.17) is 0 Å². The number of aliphatic imine (C=N–C) groups is 1. The van der Waals surface area contributed by atoms with E-state index < -0.39 is 10.8 Å². The zero-order valence-electron chi connectivity index (χ0n) is 10.5. The molecule has 1 heterocycles. The van der Waals surface area contributed by atoms with Gasteiger partial charge in [0.2, 0.25) is 0 Å². The highest BCUT2D eigenvalue weighted by molar-refractivity contribution is 8.14. The lowest BCUT2D eigenvalue weighted by Gasteiger charge is -2.25. The Morgan fingerprint density at radius 1 is 1.62 bits per heavy atom. The lowest BCUT2D eigenvalue weighted by molar-refractivity contribution is 0.618. The minimum absolute atomic E-state index is 0.354. The molecule has 0 saturated heterocycles. The van der Waals surface area contributed by atoms with Gasteiger partial charge < -0.3 is 5.32 Å². The summed E-state index contributed by atoms with van der Waals surface area (Å²) in [5.41, 5.74) is 0. The number of rotatable bonds is 4. The third-order valence-electron chi connectivity index (χ3n) is 2.53. The molecule has 1 aliphatic rings. The summed E-state index contributed by atoms with van der Waals surface area (Å²) in [4.78, 5) is 4.59. The molecular weight excluding hydrogens is 240 g/mol. The summed E-state index contributed by atoms with van der Waals surface area (Å²) in [6.07, 6.45) is 3.85. The summed E-state index contributed by atoms with van der Waals surface area (Å²) < 4.78 is 11.0. The highest BCUT2D eigenvalue weighted by Gasteiger charge is 2.19. The molecule has 0 amide bonds. The van der Waals surface area contributed by atoms with Gasteiger partial charge in [-0.25, -0.2) is 0 Å². The van der Waals surface area contributed by atoms with Crippen LogP contribution < -0.4 is 5.32 Å². The summed E-state index contributed by atoms with van der Waals surface area (Å²) in [6.45, 7) is 6.52. The van der Waals surface area contributed by atoms with Gasteiger partial charge in [0.15, 0.2) is 5.17 Å². The molecule has 1 rings (SSSR count). The summed E-state index contributed by atoms with van der Waals surface area (Å²) in [5.74, 6) is 0.761. The van der Waals surface area contributed by atoms with Crippen molar-refractivity contribution in [1.82, 2.24) is 5.32 Å². The highest BCUT2D eigenvalue weighted by atomic mass is 32.2. The van der Waals surface area contributed by atoms with Crippen LogP contribution in [0.1, 0.15) is 33.6 Å². The Bertz CT molecular complexity index is 281. The van der Waals surface area contributed by atoms with Crippen LogP contribution in [-0.2, 0) is 10.8 Å². The van der Waals surface area contributed by atoms with Gasteiger partial charge in [0.1, 0.15) is 0 Å². The van der Waals surface area contributed by atoms with Crippen molar-refractivity contribution in [2.75, 3.05) is 12.0 Å². The number of nitrogens with one attached hydrogen (secondary N) is 1. The van der Waals surface area contributed by atoms with E-state index in [1.807, 2.05) is 11.8 Å². The van der Waals surface area contributed by atoms with E-state index in [-0.39, 0.29) is 0 Å². The lowest BCUT2D eigenvalue weighted by atomic mass is 10.2. The van der Waals surface area contributed by atoms with E-state index >= 15 is 0 Å². The Morgan fingerprint density at radius 2 is 2.31 bits per heavy atom. The van der Waals surface area contributed by atoms with Gasteiger partial charge >= 0.3 is 0 Å². The fourth-order valence-corrected chi connectivity index (χ4v) is 3.65. The molecule has 3 nitrogen and oxygen atoms in total. The first kappa shape index (κ1) is 14.0. The minimum atomic E-state index is -0.693. The van der Waals surface area contributed by atoms with E-state index in [1.54, 1.807) is 6.26 Å². The first-order valence-electron chi connectivity index (χ1n) is 5.78. The van der Waals surface area contributed by atoms with Gasteiger partial charge in [-0.3, -0.25) is 9.20 Å². The van der Waals surface area contributed by atoms with Gasteiger partial charge in [-0.2, -0.15) is 0 Å². The Labute approximate surface area is 105 Å². The van der Waals surface area contributed by atoms with Crippen molar-refractivity contribution in [3.05, 3.63) is 0 Å². The zero-order chi connectivity index (χ0) is 12.1. The molecule has 0 saturated carbocycles. The molecule has 1 aliphatic heterocycles. The molecule has 4 atom stereocenters. The Hall–Kier alpha value is -0.0300. The van der Waals surface area contributed by atoms with E-state index in [2.05, 4.69) is 31.1 Å². The van der Waals surface area contributed by atoms with Crippen LogP contribution in [0.15, 0.2) is 4.99 Å². The first-order valence-corrected chi connectivity index (χ1v) is 8.39. The fraction of sp³-hybridized carbons (Fsp3) is 0.909. The quantitative estimate of drug-likeness (QED) is 0.842. The molecule has 16 heavy (non-hydrogen) atoms. The van der Waals surface area contributed by atoms with E-state index in [9.17, 15) is 4.21 Å². The molecule has 0 fully saturated rings. The summed E-state index contributed by atoms with van der Waals surface area (Å²) in [5, 5.41) is 5.11. The second-order valence-corrected chi connectivity index (χ2v) is 7.54.